The van der Waals surface area contributed by atoms with E-state index < -0.39 is 0 Å². The predicted octanol–water partition coefficient (Wildman–Crippen LogP) is 4.04. The molecule has 0 aliphatic heterocycles. The monoisotopic (exact) mass is 396 g/mol. The van der Waals surface area contributed by atoms with E-state index in [2.05, 4.69) is 16.3 Å². The van der Waals surface area contributed by atoms with E-state index in [1.165, 1.54) is 11.8 Å². The van der Waals surface area contributed by atoms with Crippen LogP contribution >= 0.6 is 11.8 Å². The number of anilines is 1. The molecule has 0 aliphatic carbocycles. The van der Waals surface area contributed by atoms with Crippen LogP contribution < -0.4 is 9.64 Å². The van der Waals surface area contributed by atoms with Crippen LogP contribution in [0.2, 0.25) is 0 Å². The Labute approximate surface area is 169 Å². The molecular formula is C21H24N4O2S. The van der Waals surface area contributed by atoms with Crippen LogP contribution in [0.4, 0.5) is 5.69 Å². The SMILES string of the molecule is CCN(C(=O)CSc1nncn1-c1ccc(OC)cc1)c1cc(C)cc(C)c1. The summed E-state index contributed by atoms with van der Waals surface area (Å²) < 4.78 is 7.06. The van der Waals surface area contributed by atoms with Gasteiger partial charge in [0.1, 0.15) is 12.1 Å². The summed E-state index contributed by atoms with van der Waals surface area (Å²) in [4.78, 5) is 14.7. The maximum Gasteiger partial charge on any atom is 0.237 e. The van der Waals surface area contributed by atoms with E-state index in [-0.39, 0.29) is 11.7 Å². The van der Waals surface area contributed by atoms with Gasteiger partial charge in [-0.1, -0.05) is 17.8 Å². The lowest BCUT2D eigenvalue weighted by molar-refractivity contribution is -0.116. The van der Waals surface area contributed by atoms with E-state index in [4.69, 9.17) is 4.74 Å². The lowest BCUT2D eigenvalue weighted by Crippen LogP contribution is -2.32. The van der Waals surface area contributed by atoms with Gasteiger partial charge >= 0.3 is 0 Å². The third-order valence-corrected chi connectivity index (χ3v) is 5.26. The van der Waals surface area contributed by atoms with Gasteiger partial charge in [-0.05, 0) is 68.3 Å². The van der Waals surface area contributed by atoms with Gasteiger partial charge in [0, 0.05) is 17.9 Å². The Morgan fingerprint density at radius 2 is 1.82 bits per heavy atom. The number of rotatable bonds is 7. The zero-order chi connectivity index (χ0) is 20.1. The number of hydrogen-bond donors (Lipinski definition) is 0. The Morgan fingerprint density at radius 3 is 2.43 bits per heavy atom. The fourth-order valence-electron chi connectivity index (χ4n) is 3.06. The van der Waals surface area contributed by atoms with Crippen LogP contribution in [0.1, 0.15) is 18.1 Å². The van der Waals surface area contributed by atoms with Crippen molar-refractivity contribution in [3.05, 3.63) is 59.9 Å². The number of nitrogens with zero attached hydrogens (tertiary/aromatic N) is 4. The average Bonchev–Trinajstić information content (AvgIpc) is 3.15. The summed E-state index contributed by atoms with van der Waals surface area (Å²) in [5.74, 6) is 1.12. The molecule has 1 aromatic heterocycles. The van der Waals surface area contributed by atoms with E-state index in [1.54, 1.807) is 18.3 Å². The highest BCUT2D eigenvalue weighted by atomic mass is 32.2. The number of methoxy groups -OCH3 is 1. The quantitative estimate of drug-likeness (QED) is 0.564. The van der Waals surface area contributed by atoms with E-state index in [1.807, 2.05) is 61.7 Å². The standard InChI is InChI=1S/C21H24N4O2S/c1-5-24(18-11-15(2)10-16(3)12-18)20(26)13-28-21-23-22-14-25(21)17-6-8-19(27-4)9-7-17/h6-12,14H,5,13H2,1-4H3. The molecule has 0 fully saturated rings. The zero-order valence-electron chi connectivity index (χ0n) is 16.5. The Balaban J connectivity index is 1.73. The highest BCUT2D eigenvalue weighted by molar-refractivity contribution is 7.99. The molecular weight excluding hydrogens is 372 g/mol. The number of amides is 1. The van der Waals surface area contributed by atoms with Gasteiger partial charge in [-0.3, -0.25) is 9.36 Å². The molecule has 3 rings (SSSR count). The summed E-state index contributed by atoms with van der Waals surface area (Å²) in [5.41, 5.74) is 4.14. The van der Waals surface area contributed by atoms with E-state index in [9.17, 15) is 4.79 Å². The van der Waals surface area contributed by atoms with Crippen molar-refractivity contribution in [1.29, 1.82) is 0 Å². The van der Waals surface area contributed by atoms with Gasteiger partial charge in [0.15, 0.2) is 5.16 Å². The van der Waals surface area contributed by atoms with Crippen molar-refractivity contribution >= 4 is 23.4 Å². The molecule has 0 unspecified atom stereocenters. The first-order valence-corrected chi connectivity index (χ1v) is 10.1. The molecule has 2 aromatic carbocycles. The number of ether oxygens (including phenoxy) is 1. The van der Waals surface area contributed by atoms with E-state index in [0.717, 1.165) is 28.3 Å². The molecule has 3 aromatic rings. The summed E-state index contributed by atoms with van der Waals surface area (Å²) in [5, 5.41) is 8.84. The van der Waals surface area contributed by atoms with Crippen molar-refractivity contribution in [2.75, 3.05) is 24.3 Å². The van der Waals surface area contributed by atoms with Gasteiger partial charge < -0.3 is 9.64 Å². The highest BCUT2D eigenvalue weighted by Gasteiger charge is 2.17. The van der Waals surface area contributed by atoms with Crippen molar-refractivity contribution in [2.24, 2.45) is 0 Å². The summed E-state index contributed by atoms with van der Waals surface area (Å²) in [7, 11) is 1.63. The summed E-state index contributed by atoms with van der Waals surface area (Å²) in [6.45, 7) is 6.69. The Hall–Kier alpha value is -2.80. The molecule has 0 radical (unpaired) electrons. The third kappa shape index (κ3) is 4.54. The fourth-order valence-corrected chi connectivity index (χ4v) is 3.86. The Morgan fingerprint density at radius 1 is 1.14 bits per heavy atom. The number of hydrogen-bond acceptors (Lipinski definition) is 5. The Bertz CT molecular complexity index is 933. The number of thioether (sulfide) groups is 1. The number of carbonyl (C=O) groups is 1. The highest BCUT2D eigenvalue weighted by Crippen LogP contribution is 2.24. The molecule has 0 aliphatic rings. The van der Waals surface area contributed by atoms with Crippen LogP contribution in [0, 0.1) is 13.8 Å². The lowest BCUT2D eigenvalue weighted by Gasteiger charge is -2.22. The van der Waals surface area contributed by atoms with E-state index in [0.29, 0.717) is 11.7 Å². The molecule has 28 heavy (non-hydrogen) atoms. The van der Waals surface area contributed by atoms with Crippen LogP contribution in [-0.2, 0) is 4.79 Å². The first kappa shape index (κ1) is 19.9. The maximum absolute atomic E-state index is 12.9. The molecule has 6 nitrogen and oxygen atoms in total. The molecule has 0 atom stereocenters. The molecule has 1 amide bonds. The minimum atomic E-state index is 0.0433. The normalized spacial score (nSPS) is 10.7. The number of benzene rings is 2. The van der Waals surface area contributed by atoms with Gasteiger partial charge in [-0.25, -0.2) is 0 Å². The summed E-state index contributed by atoms with van der Waals surface area (Å²) >= 11 is 1.38. The molecule has 0 spiro atoms. The van der Waals surface area contributed by atoms with Gasteiger partial charge in [-0.15, -0.1) is 10.2 Å². The second-order valence-electron chi connectivity index (χ2n) is 6.45. The van der Waals surface area contributed by atoms with Crippen molar-refractivity contribution < 1.29 is 9.53 Å². The van der Waals surface area contributed by atoms with Gasteiger partial charge in [-0.2, -0.15) is 0 Å². The van der Waals surface area contributed by atoms with Crippen LogP contribution in [0.3, 0.4) is 0 Å². The summed E-state index contributed by atoms with van der Waals surface area (Å²) in [6, 6.07) is 13.8. The topological polar surface area (TPSA) is 60.2 Å². The third-order valence-electron chi connectivity index (χ3n) is 4.33. The van der Waals surface area contributed by atoms with Crippen LogP contribution in [0.25, 0.3) is 5.69 Å². The molecule has 7 heteroatoms. The van der Waals surface area contributed by atoms with Crippen LogP contribution in [-0.4, -0.2) is 40.1 Å². The molecule has 146 valence electrons. The van der Waals surface area contributed by atoms with Crippen LogP contribution in [0.15, 0.2) is 53.9 Å². The lowest BCUT2D eigenvalue weighted by atomic mass is 10.1. The number of carbonyl (C=O) groups excluding carboxylic acids is 1. The van der Waals surface area contributed by atoms with Gasteiger partial charge in [0.2, 0.25) is 5.91 Å². The molecule has 1 heterocycles. The zero-order valence-corrected chi connectivity index (χ0v) is 17.4. The molecule has 0 saturated carbocycles. The minimum Gasteiger partial charge on any atom is -0.497 e. The van der Waals surface area contributed by atoms with Crippen molar-refractivity contribution in [3.63, 3.8) is 0 Å². The van der Waals surface area contributed by atoms with Gasteiger partial charge in [0.05, 0.1) is 12.9 Å². The second kappa shape index (κ2) is 8.93. The molecule has 0 saturated heterocycles. The maximum atomic E-state index is 12.9. The molecule has 0 N–H and O–H groups in total. The predicted molar refractivity (Wildman–Crippen MR) is 113 cm³/mol. The van der Waals surface area contributed by atoms with Crippen LogP contribution in [0.5, 0.6) is 5.75 Å². The molecule has 0 bridgehead atoms. The largest absolute Gasteiger partial charge is 0.497 e. The summed E-state index contributed by atoms with van der Waals surface area (Å²) in [6.07, 6.45) is 1.65. The minimum absolute atomic E-state index is 0.0433. The average molecular weight is 397 g/mol. The first-order valence-electron chi connectivity index (χ1n) is 9.07. The van der Waals surface area contributed by atoms with Gasteiger partial charge in [0.25, 0.3) is 0 Å². The second-order valence-corrected chi connectivity index (χ2v) is 7.40. The van der Waals surface area contributed by atoms with Crippen molar-refractivity contribution in [3.8, 4) is 11.4 Å². The van der Waals surface area contributed by atoms with Crippen molar-refractivity contribution in [2.45, 2.75) is 25.9 Å². The number of aryl methyl sites for hydroxylation is 2. The number of aromatic nitrogens is 3. The Kier molecular flexibility index (Phi) is 6.36. The fraction of sp³-hybridized carbons (Fsp3) is 0.286. The first-order chi connectivity index (χ1) is 13.5. The smallest absolute Gasteiger partial charge is 0.237 e. The van der Waals surface area contributed by atoms with E-state index >= 15 is 0 Å². The van der Waals surface area contributed by atoms with Crippen molar-refractivity contribution in [1.82, 2.24) is 14.8 Å².